The van der Waals surface area contributed by atoms with Crippen molar-refractivity contribution >= 4 is 44.8 Å². The number of sulfonamides is 1. The highest BCUT2D eigenvalue weighted by atomic mass is 35.5. The molecular formula is C21H22ClN3O6S. The van der Waals surface area contributed by atoms with E-state index in [0.717, 1.165) is 0 Å². The number of nitrogens with zero attached hydrogens (tertiary/aromatic N) is 2. The van der Waals surface area contributed by atoms with E-state index in [1.807, 2.05) is 0 Å². The maximum Gasteiger partial charge on any atom is 0.268 e. The molecule has 2 aliphatic heterocycles. The molecule has 1 unspecified atom stereocenters. The maximum absolute atomic E-state index is 13.0. The average molecular weight is 480 g/mol. The van der Waals surface area contributed by atoms with Gasteiger partial charge in [0.2, 0.25) is 15.9 Å². The highest BCUT2D eigenvalue weighted by Gasteiger charge is 2.33. The molecule has 0 saturated carbocycles. The van der Waals surface area contributed by atoms with E-state index in [4.69, 9.17) is 21.1 Å². The third-order valence-corrected chi connectivity index (χ3v) is 7.56. The number of anilines is 2. The number of rotatable bonds is 5. The van der Waals surface area contributed by atoms with Crippen molar-refractivity contribution in [3.05, 3.63) is 47.5 Å². The number of hydrogen-bond donors (Lipinski definition) is 1. The smallest absolute Gasteiger partial charge is 0.268 e. The molecule has 2 aromatic carbocycles. The quantitative estimate of drug-likeness (QED) is 0.704. The van der Waals surface area contributed by atoms with E-state index in [2.05, 4.69) is 5.32 Å². The van der Waals surface area contributed by atoms with Gasteiger partial charge in [0.15, 0.2) is 6.10 Å². The topological polar surface area (TPSA) is 105 Å². The molecule has 2 aliphatic rings. The zero-order chi connectivity index (χ0) is 22.9. The Morgan fingerprint density at radius 3 is 2.66 bits per heavy atom. The Balaban J connectivity index is 1.53. The Hall–Kier alpha value is -2.66. The summed E-state index contributed by atoms with van der Waals surface area (Å²) in [5.41, 5.74) is 0.755. The van der Waals surface area contributed by atoms with E-state index in [1.54, 1.807) is 31.2 Å². The number of halogens is 1. The fraction of sp³-hybridized carbons (Fsp3) is 0.333. The van der Waals surface area contributed by atoms with Gasteiger partial charge in [0, 0.05) is 18.8 Å². The van der Waals surface area contributed by atoms with Gasteiger partial charge in [-0.25, -0.2) is 8.42 Å². The van der Waals surface area contributed by atoms with Crippen LogP contribution in [0, 0.1) is 0 Å². The fourth-order valence-electron chi connectivity index (χ4n) is 3.57. The summed E-state index contributed by atoms with van der Waals surface area (Å²) in [6.07, 6.45) is -0.724. The summed E-state index contributed by atoms with van der Waals surface area (Å²) in [5, 5.41) is 2.71. The summed E-state index contributed by atoms with van der Waals surface area (Å²) in [7, 11) is -3.85. The number of amides is 2. The number of fused-ring (bicyclic) bond motifs is 1. The lowest BCUT2D eigenvalue weighted by Gasteiger charge is -2.32. The van der Waals surface area contributed by atoms with E-state index in [1.165, 1.54) is 27.4 Å². The minimum atomic E-state index is -3.85. The lowest BCUT2D eigenvalue weighted by molar-refractivity contribution is -0.127. The molecule has 0 spiro atoms. The second kappa shape index (κ2) is 9.07. The molecule has 0 radical (unpaired) electrons. The van der Waals surface area contributed by atoms with Crippen LogP contribution in [-0.4, -0.2) is 63.5 Å². The van der Waals surface area contributed by atoms with E-state index in [0.29, 0.717) is 24.7 Å². The molecule has 2 heterocycles. The van der Waals surface area contributed by atoms with Crippen molar-refractivity contribution in [2.45, 2.75) is 17.9 Å². The molecule has 1 atom stereocenters. The number of nitrogens with one attached hydrogen (secondary N) is 1. The third-order valence-electron chi connectivity index (χ3n) is 5.18. The molecule has 9 nitrogen and oxygen atoms in total. The van der Waals surface area contributed by atoms with Gasteiger partial charge < -0.3 is 14.8 Å². The molecular weight excluding hydrogens is 458 g/mol. The van der Waals surface area contributed by atoms with E-state index in [9.17, 15) is 18.0 Å². The first-order valence-electron chi connectivity index (χ1n) is 10.0. The predicted octanol–water partition coefficient (Wildman–Crippen LogP) is 2.11. The van der Waals surface area contributed by atoms with E-state index >= 15 is 0 Å². The van der Waals surface area contributed by atoms with Gasteiger partial charge in [0.25, 0.3) is 5.91 Å². The number of morpholine rings is 1. The van der Waals surface area contributed by atoms with Gasteiger partial charge in [-0.1, -0.05) is 23.7 Å². The number of carbonyl (C=O) groups is 2. The van der Waals surface area contributed by atoms with Crippen LogP contribution in [0.1, 0.15) is 6.92 Å². The Bertz CT molecular complexity index is 1150. The summed E-state index contributed by atoms with van der Waals surface area (Å²) in [6, 6.07) is 11.2. The SMILES string of the molecule is CC1Oc2ccccc2N(CC(=O)Nc2ccc(Cl)c(S(=O)(=O)N3CCOCC3)c2)C1=O. The van der Waals surface area contributed by atoms with Crippen LogP contribution < -0.4 is 15.0 Å². The lowest BCUT2D eigenvalue weighted by Crippen LogP contribution is -2.47. The zero-order valence-corrected chi connectivity index (χ0v) is 18.9. The number of hydrogen-bond acceptors (Lipinski definition) is 6. The fourth-order valence-corrected chi connectivity index (χ4v) is 5.48. The predicted molar refractivity (Wildman–Crippen MR) is 119 cm³/mol. The first-order chi connectivity index (χ1) is 15.3. The van der Waals surface area contributed by atoms with Crippen molar-refractivity contribution in [2.24, 2.45) is 0 Å². The van der Waals surface area contributed by atoms with Crippen LogP contribution in [0.4, 0.5) is 11.4 Å². The largest absolute Gasteiger partial charge is 0.479 e. The first-order valence-corrected chi connectivity index (χ1v) is 11.8. The molecule has 1 N–H and O–H groups in total. The standard InChI is InChI=1S/C21H22ClN3O6S/c1-14-21(27)25(17-4-2-3-5-18(17)31-14)13-20(26)23-15-6-7-16(22)19(12-15)32(28,29)24-8-10-30-11-9-24/h2-7,12,14H,8-11,13H2,1H3,(H,23,26). The molecule has 2 aromatic rings. The molecule has 1 saturated heterocycles. The number of carbonyl (C=O) groups excluding carboxylic acids is 2. The molecule has 0 aliphatic carbocycles. The molecule has 2 amide bonds. The van der Waals surface area contributed by atoms with Crippen molar-refractivity contribution in [3.63, 3.8) is 0 Å². The van der Waals surface area contributed by atoms with Crippen LogP contribution in [-0.2, 0) is 24.3 Å². The molecule has 0 bridgehead atoms. The van der Waals surface area contributed by atoms with Crippen molar-refractivity contribution in [2.75, 3.05) is 43.1 Å². The number of para-hydroxylation sites is 2. The van der Waals surface area contributed by atoms with Crippen LogP contribution >= 0.6 is 11.6 Å². The monoisotopic (exact) mass is 479 g/mol. The highest BCUT2D eigenvalue weighted by Crippen LogP contribution is 2.33. The van der Waals surface area contributed by atoms with Gasteiger partial charge in [0.1, 0.15) is 17.2 Å². The highest BCUT2D eigenvalue weighted by molar-refractivity contribution is 7.89. The van der Waals surface area contributed by atoms with E-state index in [-0.39, 0.29) is 41.1 Å². The number of ether oxygens (including phenoxy) is 2. The Morgan fingerprint density at radius 2 is 1.91 bits per heavy atom. The molecule has 32 heavy (non-hydrogen) atoms. The summed E-state index contributed by atoms with van der Waals surface area (Å²) in [6.45, 7) is 2.43. The van der Waals surface area contributed by atoms with Gasteiger partial charge in [-0.05, 0) is 37.3 Å². The van der Waals surface area contributed by atoms with Gasteiger partial charge in [-0.2, -0.15) is 4.31 Å². The van der Waals surface area contributed by atoms with Crippen LogP contribution in [0.5, 0.6) is 5.75 Å². The minimum absolute atomic E-state index is 0.0561. The van der Waals surface area contributed by atoms with Gasteiger partial charge in [-0.3, -0.25) is 14.5 Å². The summed E-state index contributed by atoms with van der Waals surface area (Å²) >= 11 is 6.17. The van der Waals surface area contributed by atoms with Gasteiger partial charge >= 0.3 is 0 Å². The van der Waals surface area contributed by atoms with E-state index < -0.39 is 22.0 Å². The second-order valence-corrected chi connectivity index (χ2v) is 9.68. The molecule has 0 aromatic heterocycles. The van der Waals surface area contributed by atoms with Gasteiger partial charge in [0.05, 0.1) is 23.9 Å². The first kappa shape index (κ1) is 22.5. The van der Waals surface area contributed by atoms with Crippen LogP contribution in [0.25, 0.3) is 0 Å². The molecule has 11 heteroatoms. The third kappa shape index (κ3) is 4.44. The average Bonchev–Trinajstić information content (AvgIpc) is 2.78. The summed E-state index contributed by atoms with van der Waals surface area (Å²) in [5.74, 6) is -0.317. The van der Waals surface area contributed by atoms with Crippen LogP contribution in [0.15, 0.2) is 47.4 Å². The van der Waals surface area contributed by atoms with Crippen LogP contribution in [0.3, 0.4) is 0 Å². The zero-order valence-electron chi connectivity index (χ0n) is 17.3. The Kier molecular flexibility index (Phi) is 6.38. The normalized spacial score (nSPS) is 19.2. The van der Waals surface area contributed by atoms with Gasteiger partial charge in [-0.15, -0.1) is 0 Å². The minimum Gasteiger partial charge on any atom is -0.479 e. The van der Waals surface area contributed by atoms with Crippen molar-refractivity contribution < 1.29 is 27.5 Å². The molecule has 170 valence electrons. The van der Waals surface area contributed by atoms with Crippen molar-refractivity contribution in [1.82, 2.24) is 4.31 Å². The second-order valence-electron chi connectivity index (χ2n) is 7.36. The molecule has 4 rings (SSSR count). The Labute approximate surface area is 190 Å². The van der Waals surface area contributed by atoms with Crippen molar-refractivity contribution in [1.29, 1.82) is 0 Å². The Morgan fingerprint density at radius 1 is 1.19 bits per heavy atom. The summed E-state index contributed by atoms with van der Waals surface area (Å²) < 4.78 is 38.1. The number of benzene rings is 2. The summed E-state index contributed by atoms with van der Waals surface area (Å²) in [4.78, 5) is 26.6. The molecule has 1 fully saturated rings. The van der Waals surface area contributed by atoms with Crippen molar-refractivity contribution in [3.8, 4) is 5.75 Å². The van der Waals surface area contributed by atoms with Crippen LogP contribution in [0.2, 0.25) is 5.02 Å². The maximum atomic E-state index is 13.0. The lowest BCUT2D eigenvalue weighted by atomic mass is 10.2.